The van der Waals surface area contributed by atoms with E-state index in [2.05, 4.69) is 121 Å². The van der Waals surface area contributed by atoms with Crippen molar-refractivity contribution in [2.24, 2.45) is 0 Å². The topological polar surface area (TPSA) is 42.3 Å². The van der Waals surface area contributed by atoms with E-state index >= 15 is 0 Å². The van der Waals surface area contributed by atoms with Crippen molar-refractivity contribution < 1.29 is 20.4 Å². The summed E-state index contributed by atoms with van der Waals surface area (Å²) in [4.78, 5) is 0. The van der Waals surface area contributed by atoms with E-state index < -0.39 is 0 Å². The first-order valence-electron chi connectivity index (χ1n) is 11.4. The van der Waals surface area contributed by atoms with Crippen molar-refractivity contribution in [1.82, 2.24) is 0 Å². The molecule has 1 aliphatic rings. The Bertz CT molecular complexity index is 899. The molecule has 3 aromatic carbocycles. The van der Waals surface area contributed by atoms with Crippen molar-refractivity contribution in [2.45, 2.75) is 4.22 Å². The summed E-state index contributed by atoms with van der Waals surface area (Å²) in [6.45, 7) is 0. The minimum atomic E-state index is 0.621. The van der Waals surface area contributed by atoms with E-state index in [-0.39, 0.29) is 0 Å². The summed E-state index contributed by atoms with van der Waals surface area (Å²) in [5, 5.41) is 10.5. The molecule has 0 N–H and O–H groups in total. The number of hydrogen-bond acceptors (Lipinski definition) is 0. The molecule has 3 nitrogen and oxygen atoms in total. The standard InChI is InChI=1S/C16H14.C9H7.3C2H6N.Ti/c1-3-9-15(10-4-1)13-7-8-14-16-11-5-2-6-12-16;1-2-5-9-7-3-6-8(9)4-1;3*1-3-2;/h1-14H;1-7H;3*1-2H3;/q;;3*-1;+3. The molecule has 0 saturated heterocycles. The first-order valence-corrected chi connectivity index (χ1v) is 12.3. The van der Waals surface area contributed by atoms with Crippen LogP contribution >= 0.6 is 0 Å². The van der Waals surface area contributed by atoms with Crippen molar-refractivity contribution in [3.05, 3.63) is 141 Å². The third kappa shape index (κ3) is 16.7. The Hall–Kier alpha value is -2.53. The van der Waals surface area contributed by atoms with Gasteiger partial charge < -0.3 is 16.0 Å². The van der Waals surface area contributed by atoms with Gasteiger partial charge in [0.25, 0.3) is 0 Å². The maximum absolute atomic E-state index is 3.50. The molecule has 35 heavy (non-hydrogen) atoms. The minimum absolute atomic E-state index is 0.621. The van der Waals surface area contributed by atoms with E-state index in [9.17, 15) is 0 Å². The average Bonchev–Trinajstić information content (AvgIpc) is 3.26. The first-order chi connectivity index (χ1) is 17.1. The Morgan fingerprint density at radius 1 is 0.571 bits per heavy atom. The third-order valence-electron chi connectivity index (χ3n) is 4.09. The summed E-state index contributed by atoms with van der Waals surface area (Å²) in [6, 6.07) is 29.1. The summed E-state index contributed by atoms with van der Waals surface area (Å²) in [6.07, 6.45) is 12.7. The van der Waals surface area contributed by atoms with Gasteiger partial charge >= 0.3 is 72.2 Å². The predicted octanol–water partition coefficient (Wildman–Crippen LogP) is 8.57. The van der Waals surface area contributed by atoms with Gasteiger partial charge in [0, 0.05) is 0 Å². The molecule has 0 saturated carbocycles. The number of allylic oxidation sites excluding steroid dienone is 3. The summed E-state index contributed by atoms with van der Waals surface area (Å²) in [7, 11) is 10.5. The normalized spacial score (nSPS) is 12.7. The molecule has 1 unspecified atom stereocenters. The zero-order valence-corrected chi connectivity index (χ0v) is 23.5. The van der Waals surface area contributed by atoms with Gasteiger partial charge in [0.2, 0.25) is 0 Å². The fourth-order valence-electron chi connectivity index (χ4n) is 2.71. The van der Waals surface area contributed by atoms with Crippen LogP contribution in [0.15, 0.2) is 103 Å². The molecule has 4 rings (SSSR count). The molecule has 1 atom stereocenters. The molecule has 182 valence electrons. The molecule has 0 aliphatic heterocycles. The molecule has 0 aromatic heterocycles. The average molecular weight is 502 g/mol. The van der Waals surface area contributed by atoms with E-state index in [0.29, 0.717) is 4.22 Å². The number of benzene rings is 3. The summed E-state index contributed by atoms with van der Waals surface area (Å²) < 4.78 is 0.621. The van der Waals surface area contributed by atoms with Crippen LogP contribution in [0.5, 0.6) is 0 Å². The fraction of sp³-hybridized carbons (Fsp3) is 0.226. The van der Waals surface area contributed by atoms with Crippen molar-refractivity contribution in [2.75, 3.05) is 42.3 Å². The predicted molar refractivity (Wildman–Crippen MR) is 155 cm³/mol. The molecule has 0 fully saturated rings. The van der Waals surface area contributed by atoms with Gasteiger partial charge in [-0.15, -0.1) is 0 Å². The molecule has 0 bridgehead atoms. The molecule has 3 aromatic rings. The van der Waals surface area contributed by atoms with Crippen LogP contribution in [0.25, 0.3) is 34.2 Å². The van der Waals surface area contributed by atoms with Crippen LogP contribution in [0.2, 0.25) is 0 Å². The van der Waals surface area contributed by atoms with Crippen LogP contribution in [0.4, 0.5) is 0 Å². The van der Waals surface area contributed by atoms with Gasteiger partial charge in [0.15, 0.2) is 0 Å². The van der Waals surface area contributed by atoms with Crippen LogP contribution in [-0.2, 0) is 20.4 Å². The molecule has 4 heteroatoms. The molecular formula is C31H39N3Ti. The zero-order chi connectivity index (χ0) is 26.2. The van der Waals surface area contributed by atoms with Crippen molar-refractivity contribution in [3.63, 3.8) is 0 Å². The Morgan fingerprint density at radius 2 is 0.943 bits per heavy atom. The van der Waals surface area contributed by atoms with Crippen LogP contribution in [0, 0.1) is 0 Å². The van der Waals surface area contributed by atoms with E-state index in [0.717, 1.165) is 0 Å². The second-order valence-corrected chi connectivity index (χ2v) is 8.32. The molecule has 0 amide bonds. The quantitative estimate of drug-likeness (QED) is 0.255. The maximum atomic E-state index is 3.50. The molecule has 1 aliphatic carbocycles. The molecular weight excluding hydrogens is 462 g/mol. The number of hydrogen-bond donors (Lipinski definition) is 0. The SMILES string of the molecule is C(C=Cc1ccccc1)=Cc1ccccc1.C[N-]C.C[N-]C.C[N-]C.[Ti+3][CH]1C=Cc2ccccc21. The van der Waals surface area contributed by atoms with E-state index in [1.807, 2.05) is 36.4 Å². The Labute approximate surface area is 225 Å². The van der Waals surface area contributed by atoms with Gasteiger partial charge in [0.05, 0.1) is 0 Å². The number of rotatable bonds is 3. The van der Waals surface area contributed by atoms with Crippen LogP contribution < -0.4 is 0 Å². The van der Waals surface area contributed by atoms with Crippen molar-refractivity contribution in [3.8, 4) is 0 Å². The Morgan fingerprint density at radius 3 is 1.34 bits per heavy atom. The molecule has 0 spiro atoms. The Kier molecular flexibility index (Phi) is 21.6. The summed E-state index contributed by atoms with van der Waals surface area (Å²) >= 11 is 2.22. The van der Waals surface area contributed by atoms with Gasteiger partial charge in [-0.05, 0) is 11.1 Å². The molecule has 0 radical (unpaired) electrons. The van der Waals surface area contributed by atoms with Crippen LogP contribution in [-0.4, -0.2) is 42.3 Å². The summed E-state index contributed by atoms with van der Waals surface area (Å²) in [5.41, 5.74) is 5.29. The van der Waals surface area contributed by atoms with Crippen LogP contribution in [0.3, 0.4) is 0 Å². The van der Waals surface area contributed by atoms with Crippen molar-refractivity contribution >= 4 is 18.2 Å². The van der Waals surface area contributed by atoms with Gasteiger partial charge in [-0.1, -0.05) is 85.0 Å². The van der Waals surface area contributed by atoms with Crippen molar-refractivity contribution in [1.29, 1.82) is 0 Å². The van der Waals surface area contributed by atoms with Gasteiger partial charge in [-0.2, -0.15) is 42.3 Å². The van der Waals surface area contributed by atoms with Crippen LogP contribution in [0.1, 0.15) is 26.5 Å². The van der Waals surface area contributed by atoms with E-state index in [1.165, 1.54) is 22.3 Å². The summed E-state index contributed by atoms with van der Waals surface area (Å²) in [5.74, 6) is 0. The van der Waals surface area contributed by atoms with E-state index in [1.54, 1.807) is 42.3 Å². The number of nitrogens with zero attached hydrogens (tertiary/aromatic N) is 3. The van der Waals surface area contributed by atoms with Gasteiger partial charge in [-0.3, -0.25) is 0 Å². The fourth-order valence-corrected chi connectivity index (χ4v) is 3.27. The van der Waals surface area contributed by atoms with Gasteiger partial charge in [0.1, 0.15) is 0 Å². The van der Waals surface area contributed by atoms with Gasteiger partial charge in [-0.25, -0.2) is 0 Å². The molecule has 0 heterocycles. The second-order valence-electron chi connectivity index (χ2n) is 7.35. The first kappa shape index (κ1) is 32.5. The monoisotopic (exact) mass is 501 g/mol. The zero-order valence-electron chi connectivity index (χ0n) is 22.0. The second kappa shape index (κ2) is 23.2. The number of fused-ring (bicyclic) bond motifs is 1. The Balaban J connectivity index is 0.000000518. The van der Waals surface area contributed by atoms with E-state index in [4.69, 9.17) is 0 Å². The third-order valence-corrected chi connectivity index (χ3v) is 4.87.